The van der Waals surface area contributed by atoms with E-state index in [2.05, 4.69) is 52.1 Å². The van der Waals surface area contributed by atoms with Gasteiger partial charge in [0.25, 0.3) is 0 Å². The molecule has 0 aliphatic carbocycles. The zero-order valence-corrected chi connectivity index (χ0v) is 13.7. The Kier molecular flexibility index (Phi) is 5.47. The third-order valence-electron chi connectivity index (χ3n) is 5.18. The summed E-state index contributed by atoms with van der Waals surface area (Å²) in [5.41, 5.74) is 1.43. The van der Waals surface area contributed by atoms with Gasteiger partial charge in [-0.1, -0.05) is 30.3 Å². The number of likely N-dealkylation sites (tertiary alicyclic amines) is 1. The van der Waals surface area contributed by atoms with Crippen LogP contribution in [0.3, 0.4) is 0 Å². The molecule has 3 rings (SSSR count). The third kappa shape index (κ3) is 4.07. The van der Waals surface area contributed by atoms with Crippen LogP contribution in [0.25, 0.3) is 0 Å². The topological polar surface area (TPSA) is 30.0 Å². The average Bonchev–Trinajstić information content (AvgIpc) is 2.55. The van der Waals surface area contributed by atoms with Crippen molar-refractivity contribution >= 4 is 0 Å². The van der Waals surface area contributed by atoms with Crippen molar-refractivity contribution in [1.29, 1.82) is 0 Å². The maximum absolute atomic E-state index is 10.3. The van der Waals surface area contributed by atoms with Gasteiger partial charge in [0.2, 0.25) is 0 Å². The molecule has 4 heteroatoms. The number of aliphatic hydroxyl groups is 1. The molecule has 2 aliphatic heterocycles. The number of benzene rings is 1. The second-order valence-electron chi connectivity index (χ2n) is 6.80. The molecule has 0 amide bonds. The van der Waals surface area contributed by atoms with E-state index >= 15 is 0 Å². The fourth-order valence-corrected chi connectivity index (χ4v) is 3.75. The average molecular weight is 303 g/mol. The molecule has 2 saturated heterocycles. The van der Waals surface area contributed by atoms with E-state index in [-0.39, 0.29) is 6.10 Å². The largest absolute Gasteiger partial charge is 0.390 e. The van der Waals surface area contributed by atoms with Gasteiger partial charge >= 0.3 is 0 Å². The van der Waals surface area contributed by atoms with E-state index in [0.717, 1.165) is 58.7 Å². The number of piperidine rings is 1. The smallest absolute Gasteiger partial charge is 0.0822 e. The van der Waals surface area contributed by atoms with Gasteiger partial charge in [-0.25, -0.2) is 0 Å². The van der Waals surface area contributed by atoms with Crippen LogP contribution in [-0.4, -0.2) is 84.8 Å². The van der Waals surface area contributed by atoms with Crippen LogP contribution in [0.2, 0.25) is 0 Å². The van der Waals surface area contributed by atoms with Crippen LogP contribution in [0.5, 0.6) is 0 Å². The number of hydrogen-bond acceptors (Lipinski definition) is 4. The number of aliphatic hydroxyl groups excluding tert-OH is 1. The Balaban J connectivity index is 1.42. The lowest BCUT2D eigenvalue weighted by Gasteiger charge is -2.44. The van der Waals surface area contributed by atoms with Gasteiger partial charge in [-0.2, -0.15) is 0 Å². The minimum Gasteiger partial charge on any atom is -0.390 e. The highest BCUT2D eigenvalue weighted by molar-refractivity contribution is 5.14. The number of likely N-dealkylation sites (N-methyl/N-ethyl adjacent to an activating group) is 1. The van der Waals surface area contributed by atoms with E-state index in [1.807, 2.05) is 0 Å². The third-order valence-corrected chi connectivity index (χ3v) is 5.18. The molecule has 122 valence electrons. The molecule has 2 heterocycles. The summed E-state index contributed by atoms with van der Waals surface area (Å²) in [5.74, 6) is 0. The molecular weight excluding hydrogens is 274 g/mol. The Morgan fingerprint density at radius 1 is 1.05 bits per heavy atom. The molecule has 2 aliphatic rings. The van der Waals surface area contributed by atoms with Crippen molar-refractivity contribution in [2.45, 2.75) is 25.0 Å². The fraction of sp³-hybridized carbons (Fsp3) is 0.667. The van der Waals surface area contributed by atoms with Crippen molar-refractivity contribution in [3.05, 3.63) is 35.9 Å². The van der Waals surface area contributed by atoms with E-state index in [1.54, 1.807) is 0 Å². The van der Waals surface area contributed by atoms with Crippen LogP contribution in [0.15, 0.2) is 30.3 Å². The summed E-state index contributed by atoms with van der Waals surface area (Å²) in [5, 5.41) is 10.3. The number of piperazine rings is 1. The standard InChI is InChI=1S/C18H29N3O/c1-19-9-8-17(18(22)15-19)21-13-11-20(12-14-21)10-7-16-5-3-2-4-6-16/h2-6,17-18,22H,7-15H2,1H3/t17-,18-/m1/s1. The van der Waals surface area contributed by atoms with E-state index in [0.29, 0.717) is 6.04 Å². The van der Waals surface area contributed by atoms with Gasteiger partial charge < -0.3 is 14.9 Å². The molecule has 0 aromatic heterocycles. The second kappa shape index (κ2) is 7.55. The number of rotatable bonds is 4. The van der Waals surface area contributed by atoms with Gasteiger partial charge in [-0.15, -0.1) is 0 Å². The summed E-state index contributed by atoms with van der Waals surface area (Å²) in [4.78, 5) is 7.30. The molecule has 1 N–H and O–H groups in total. The Morgan fingerprint density at radius 3 is 2.45 bits per heavy atom. The molecular formula is C18H29N3O. The monoisotopic (exact) mass is 303 g/mol. The molecule has 0 bridgehead atoms. The first-order valence-electron chi connectivity index (χ1n) is 8.59. The molecule has 22 heavy (non-hydrogen) atoms. The van der Waals surface area contributed by atoms with E-state index in [4.69, 9.17) is 0 Å². The van der Waals surface area contributed by atoms with Crippen molar-refractivity contribution in [3.8, 4) is 0 Å². The summed E-state index contributed by atoms with van der Waals surface area (Å²) in [6, 6.07) is 11.1. The van der Waals surface area contributed by atoms with E-state index in [1.165, 1.54) is 5.56 Å². The molecule has 0 saturated carbocycles. The summed E-state index contributed by atoms with van der Waals surface area (Å²) in [6.45, 7) is 7.53. The lowest BCUT2D eigenvalue weighted by atomic mass is 9.99. The SMILES string of the molecule is CN1CC[C@@H](N2CCN(CCc3ccccc3)CC2)[C@H](O)C1. The maximum Gasteiger partial charge on any atom is 0.0822 e. The minimum absolute atomic E-state index is 0.186. The highest BCUT2D eigenvalue weighted by atomic mass is 16.3. The van der Waals surface area contributed by atoms with Crippen LogP contribution in [-0.2, 0) is 6.42 Å². The zero-order valence-electron chi connectivity index (χ0n) is 13.7. The highest BCUT2D eigenvalue weighted by Gasteiger charge is 2.32. The normalized spacial score (nSPS) is 28.8. The van der Waals surface area contributed by atoms with Crippen molar-refractivity contribution in [3.63, 3.8) is 0 Å². The zero-order chi connectivity index (χ0) is 15.4. The first-order chi connectivity index (χ1) is 10.7. The predicted octanol–water partition coefficient (Wildman–Crippen LogP) is 0.912. The van der Waals surface area contributed by atoms with Gasteiger partial charge in [0.15, 0.2) is 0 Å². The van der Waals surface area contributed by atoms with Crippen molar-refractivity contribution in [2.24, 2.45) is 0 Å². The first-order valence-corrected chi connectivity index (χ1v) is 8.59. The van der Waals surface area contributed by atoms with Gasteiger partial charge in [0, 0.05) is 45.3 Å². The predicted molar refractivity (Wildman–Crippen MR) is 90.1 cm³/mol. The second-order valence-corrected chi connectivity index (χ2v) is 6.80. The van der Waals surface area contributed by atoms with E-state index in [9.17, 15) is 5.11 Å². The lowest BCUT2D eigenvalue weighted by molar-refractivity contribution is -0.0230. The van der Waals surface area contributed by atoms with Gasteiger partial charge in [0.1, 0.15) is 0 Å². The quantitative estimate of drug-likeness (QED) is 0.896. The Hall–Kier alpha value is -0.940. The Labute approximate surface area is 134 Å². The molecule has 0 unspecified atom stereocenters. The first kappa shape index (κ1) is 15.9. The lowest BCUT2D eigenvalue weighted by Crippen LogP contribution is -2.58. The molecule has 4 nitrogen and oxygen atoms in total. The Morgan fingerprint density at radius 2 is 1.77 bits per heavy atom. The van der Waals surface area contributed by atoms with Crippen molar-refractivity contribution in [2.75, 3.05) is 52.9 Å². The fourth-order valence-electron chi connectivity index (χ4n) is 3.75. The van der Waals surface area contributed by atoms with Gasteiger partial charge in [0.05, 0.1) is 6.10 Å². The molecule has 1 aromatic rings. The minimum atomic E-state index is -0.186. The van der Waals surface area contributed by atoms with Crippen LogP contribution in [0.4, 0.5) is 0 Å². The molecule has 2 atom stereocenters. The maximum atomic E-state index is 10.3. The number of nitrogens with zero attached hydrogens (tertiary/aromatic N) is 3. The molecule has 0 spiro atoms. The van der Waals surface area contributed by atoms with E-state index < -0.39 is 0 Å². The number of β-amino-alcohol motifs (C(OH)–C–C–N with tert-alkyl or cyclic N) is 1. The van der Waals surface area contributed by atoms with Crippen LogP contribution >= 0.6 is 0 Å². The molecule has 2 fully saturated rings. The molecule has 1 aromatic carbocycles. The number of hydrogen-bond donors (Lipinski definition) is 1. The van der Waals surface area contributed by atoms with Crippen LogP contribution in [0, 0.1) is 0 Å². The van der Waals surface area contributed by atoms with Gasteiger partial charge in [-0.05, 0) is 32.0 Å². The summed E-state index contributed by atoms with van der Waals surface area (Å²) < 4.78 is 0. The summed E-state index contributed by atoms with van der Waals surface area (Å²) >= 11 is 0. The van der Waals surface area contributed by atoms with Crippen LogP contribution < -0.4 is 0 Å². The van der Waals surface area contributed by atoms with Gasteiger partial charge in [-0.3, -0.25) is 4.90 Å². The van der Waals surface area contributed by atoms with Crippen molar-refractivity contribution < 1.29 is 5.11 Å². The highest BCUT2D eigenvalue weighted by Crippen LogP contribution is 2.18. The summed E-state index contributed by atoms with van der Waals surface area (Å²) in [7, 11) is 2.10. The Bertz CT molecular complexity index is 445. The van der Waals surface area contributed by atoms with Crippen LogP contribution in [0.1, 0.15) is 12.0 Å². The van der Waals surface area contributed by atoms with Crippen molar-refractivity contribution in [1.82, 2.24) is 14.7 Å². The molecule has 0 radical (unpaired) electrons. The summed E-state index contributed by atoms with van der Waals surface area (Å²) in [6.07, 6.45) is 2.05.